The predicted octanol–water partition coefficient (Wildman–Crippen LogP) is 1.39. The van der Waals surface area contributed by atoms with Crippen LogP contribution in [0.5, 0.6) is 5.75 Å². The van der Waals surface area contributed by atoms with Crippen molar-refractivity contribution in [2.75, 3.05) is 14.2 Å². The zero-order chi connectivity index (χ0) is 13.0. The summed E-state index contributed by atoms with van der Waals surface area (Å²) in [6.45, 7) is 0. The molecule has 0 aliphatic heterocycles. The molecule has 0 heterocycles. The standard InChI is InChI=1S/C14H15O3P.BH3/c1-16-12-8-10-14(11-9-12)18(15,17-2)13-6-4-3-5-7-13;/h3-11H,1-2H3;1H3. The molecule has 19 heavy (non-hydrogen) atoms. The van der Waals surface area contributed by atoms with E-state index < -0.39 is 7.37 Å². The van der Waals surface area contributed by atoms with Gasteiger partial charge in [0.15, 0.2) is 0 Å². The van der Waals surface area contributed by atoms with Crippen molar-refractivity contribution in [1.82, 2.24) is 0 Å². The predicted molar refractivity (Wildman–Crippen MR) is 83.3 cm³/mol. The van der Waals surface area contributed by atoms with Gasteiger partial charge in [-0.2, -0.15) is 0 Å². The zero-order valence-corrected chi connectivity index (χ0v) is 11.3. The molecule has 0 bridgehead atoms. The SMILES string of the molecule is B.COc1ccc(P(=O)(OC)c2ccccc2)cc1. The van der Waals surface area contributed by atoms with Gasteiger partial charge in [-0.3, -0.25) is 4.57 Å². The Morgan fingerprint density at radius 2 is 1.37 bits per heavy atom. The summed E-state index contributed by atoms with van der Waals surface area (Å²) in [6, 6.07) is 16.3. The van der Waals surface area contributed by atoms with E-state index in [0.29, 0.717) is 10.6 Å². The lowest BCUT2D eigenvalue weighted by Gasteiger charge is -2.17. The summed E-state index contributed by atoms with van der Waals surface area (Å²) in [7, 11) is 0.0787. The second-order valence-corrected chi connectivity index (χ2v) is 6.27. The fraction of sp³-hybridized carbons (Fsp3) is 0.143. The molecule has 0 N–H and O–H groups in total. The van der Waals surface area contributed by atoms with Crippen molar-refractivity contribution < 1.29 is 13.8 Å². The summed E-state index contributed by atoms with van der Waals surface area (Å²) in [5, 5.41) is 1.36. The highest BCUT2D eigenvalue weighted by atomic mass is 31.2. The van der Waals surface area contributed by atoms with Crippen molar-refractivity contribution in [2.45, 2.75) is 0 Å². The van der Waals surface area contributed by atoms with Crippen LogP contribution in [-0.4, -0.2) is 22.6 Å². The number of methoxy groups -OCH3 is 1. The topological polar surface area (TPSA) is 35.5 Å². The molecule has 1 atom stereocenters. The highest BCUT2D eigenvalue weighted by Crippen LogP contribution is 2.43. The number of hydrogen-bond acceptors (Lipinski definition) is 3. The third-order valence-corrected chi connectivity index (χ3v) is 5.24. The first-order valence-electron chi connectivity index (χ1n) is 5.57. The van der Waals surface area contributed by atoms with Crippen LogP contribution in [0.4, 0.5) is 0 Å². The minimum atomic E-state index is -2.99. The molecule has 0 fully saturated rings. The average molecular weight is 276 g/mol. The van der Waals surface area contributed by atoms with Crippen LogP contribution in [0.3, 0.4) is 0 Å². The van der Waals surface area contributed by atoms with E-state index in [1.807, 2.05) is 30.3 Å². The molecule has 1 unspecified atom stereocenters. The maximum Gasteiger partial charge on any atom is 0.261 e. The molecule has 2 rings (SSSR count). The van der Waals surface area contributed by atoms with Crippen molar-refractivity contribution >= 4 is 26.4 Å². The monoisotopic (exact) mass is 276 g/mol. The first-order chi connectivity index (χ1) is 8.70. The second kappa shape index (κ2) is 6.60. The van der Waals surface area contributed by atoms with Crippen molar-refractivity contribution in [3.05, 3.63) is 54.6 Å². The van der Waals surface area contributed by atoms with Gasteiger partial charge in [-0.05, 0) is 36.4 Å². The smallest absolute Gasteiger partial charge is 0.261 e. The normalized spacial score (nSPS) is 13.2. The molecule has 0 radical (unpaired) electrons. The van der Waals surface area contributed by atoms with Gasteiger partial charge in [-0.1, -0.05) is 18.2 Å². The molecule has 0 spiro atoms. The third kappa shape index (κ3) is 3.09. The summed E-state index contributed by atoms with van der Waals surface area (Å²) in [6.07, 6.45) is 0. The lowest BCUT2D eigenvalue weighted by Crippen LogP contribution is -2.16. The van der Waals surface area contributed by atoms with Crippen LogP contribution in [0.2, 0.25) is 0 Å². The van der Waals surface area contributed by atoms with E-state index in [1.165, 1.54) is 7.11 Å². The Morgan fingerprint density at radius 1 is 0.842 bits per heavy atom. The molecule has 0 aromatic heterocycles. The minimum Gasteiger partial charge on any atom is -0.497 e. The van der Waals surface area contributed by atoms with Gasteiger partial charge in [0.2, 0.25) is 0 Å². The number of rotatable bonds is 4. The number of benzene rings is 2. The summed E-state index contributed by atoms with van der Waals surface area (Å²) in [4.78, 5) is 0. The Kier molecular flexibility index (Phi) is 5.40. The molecule has 3 nitrogen and oxygen atoms in total. The Bertz CT molecular complexity index is 555. The maximum absolute atomic E-state index is 12.9. The van der Waals surface area contributed by atoms with Gasteiger partial charge in [0.25, 0.3) is 7.37 Å². The molecule has 0 aliphatic carbocycles. The summed E-state index contributed by atoms with van der Waals surface area (Å²) >= 11 is 0. The van der Waals surface area contributed by atoms with E-state index in [1.54, 1.807) is 31.4 Å². The van der Waals surface area contributed by atoms with Gasteiger partial charge in [0, 0.05) is 17.7 Å². The van der Waals surface area contributed by atoms with E-state index in [0.717, 1.165) is 5.75 Å². The van der Waals surface area contributed by atoms with Crippen LogP contribution in [0, 0.1) is 0 Å². The Labute approximate surface area is 115 Å². The molecular weight excluding hydrogens is 258 g/mol. The Morgan fingerprint density at radius 3 is 1.84 bits per heavy atom. The van der Waals surface area contributed by atoms with Crippen molar-refractivity contribution in [2.24, 2.45) is 0 Å². The van der Waals surface area contributed by atoms with E-state index >= 15 is 0 Å². The second-order valence-electron chi connectivity index (χ2n) is 3.77. The highest BCUT2D eigenvalue weighted by molar-refractivity contribution is 7.74. The summed E-state index contributed by atoms with van der Waals surface area (Å²) < 4.78 is 23.3. The molecule has 2 aromatic rings. The maximum atomic E-state index is 12.9. The Balaban J connectivity index is 0.00000180. The van der Waals surface area contributed by atoms with E-state index in [4.69, 9.17) is 9.26 Å². The van der Waals surface area contributed by atoms with Crippen LogP contribution >= 0.6 is 7.37 Å². The molecule has 2 aromatic carbocycles. The van der Waals surface area contributed by atoms with E-state index in [9.17, 15) is 4.57 Å². The van der Waals surface area contributed by atoms with Crippen LogP contribution in [0.25, 0.3) is 0 Å². The summed E-state index contributed by atoms with van der Waals surface area (Å²) in [5.41, 5.74) is 0. The van der Waals surface area contributed by atoms with Gasteiger partial charge >= 0.3 is 0 Å². The fourth-order valence-electron chi connectivity index (χ4n) is 1.76. The minimum absolute atomic E-state index is 0. The van der Waals surface area contributed by atoms with Gasteiger partial charge in [-0.25, -0.2) is 0 Å². The van der Waals surface area contributed by atoms with Crippen LogP contribution < -0.4 is 15.3 Å². The van der Waals surface area contributed by atoms with Gasteiger partial charge < -0.3 is 9.26 Å². The Hall–Kier alpha value is -1.51. The van der Waals surface area contributed by atoms with Gasteiger partial charge in [0.05, 0.1) is 15.5 Å². The molecule has 0 saturated heterocycles. The number of hydrogen-bond donors (Lipinski definition) is 0. The van der Waals surface area contributed by atoms with Crippen molar-refractivity contribution in [3.63, 3.8) is 0 Å². The van der Waals surface area contributed by atoms with Gasteiger partial charge in [-0.15, -0.1) is 0 Å². The largest absolute Gasteiger partial charge is 0.497 e. The molecule has 0 amide bonds. The lowest BCUT2D eigenvalue weighted by atomic mass is 10.3. The first-order valence-corrected chi connectivity index (χ1v) is 7.19. The lowest BCUT2D eigenvalue weighted by molar-refractivity contribution is 0.411. The summed E-state index contributed by atoms with van der Waals surface area (Å²) in [5.74, 6) is 0.731. The van der Waals surface area contributed by atoms with Crippen molar-refractivity contribution in [1.29, 1.82) is 0 Å². The average Bonchev–Trinajstić information content (AvgIpc) is 2.47. The van der Waals surface area contributed by atoms with E-state index in [2.05, 4.69) is 0 Å². The van der Waals surface area contributed by atoms with Crippen LogP contribution in [0.1, 0.15) is 0 Å². The molecule has 0 saturated carbocycles. The number of ether oxygens (including phenoxy) is 1. The van der Waals surface area contributed by atoms with Crippen molar-refractivity contribution in [3.8, 4) is 5.75 Å². The van der Waals surface area contributed by atoms with Gasteiger partial charge in [0.1, 0.15) is 5.75 Å². The quantitative estimate of drug-likeness (QED) is 0.625. The molecule has 0 aliphatic rings. The van der Waals surface area contributed by atoms with Crippen LogP contribution in [-0.2, 0) is 9.09 Å². The first kappa shape index (κ1) is 15.6. The third-order valence-electron chi connectivity index (χ3n) is 2.77. The zero-order valence-electron chi connectivity index (χ0n) is 10.4. The molecule has 100 valence electrons. The molecule has 5 heteroatoms. The van der Waals surface area contributed by atoms with E-state index in [-0.39, 0.29) is 8.41 Å². The fourth-order valence-corrected chi connectivity index (χ4v) is 3.59. The van der Waals surface area contributed by atoms with Crippen LogP contribution in [0.15, 0.2) is 54.6 Å². The molecular formula is C14H18BO3P. The highest BCUT2D eigenvalue weighted by Gasteiger charge is 2.26.